The minimum absolute atomic E-state index is 0.0323. The molecule has 29 heavy (non-hydrogen) atoms. The fraction of sp³-hybridized carbons (Fsp3) is 0.526. The molecule has 1 aromatic rings. The lowest BCUT2D eigenvalue weighted by atomic mass is 9.79. The Bertz CT molecular complexity index is 843. The summed E-state index contributed by atoms with van der Waals surface area (Å²) in [6.07, 6.45) is -3.43. The number of halogens is 3. The summed E-state index contributed by atoms with van der Waals surface area (Å²) in [5.41, 5.74) is -3.08. The van der Waals surface area contributed by atoms with Gasteiger partial charge in [-0.2, -0.15) is 13.2 Å². The van der Waals surface area contributed by atoms with Gasteiger partial charge in [-0.05, 0) is 24.1 Å². The molecule has 0 spiro atoms. The van der Waals surface area contributed by atoms with E-state index in [1.165, 1.54) is 6.07 Å². The van der Waals surface area contributed by atoms with Crippen LogP contribution in [0.1, 0.15) is 36.9 Å². The second-order valence-electron chi connectivity index (χ2n) is 7.36. The molecule has 10 heteroatoms. The van der Waals surface area contributed by atoms with Gasteiger partial charge in [-0.1, -0.05) is 25.5 Å². The van der Waals surface area contributed by atoms with Crippen LogP contribution in [0.2, 0.25) is 0 Å². The molecular formula is C19H21F3N2O5. The van der Waals surface area contributed by atoms with E-state index in [2.05, 4.69) is 5.32 Å². The van der Waals surface area contributed by atoms with Crippen molar-refractivity contribution in [1.29, 1.82) is 0 Å². The number of alkyl halides is 3. The van der Waals surface area contributed by atoms with Crippen LogP contribution >= 0.6 is 0 Å². The summed E-state index contributed by atoms with van der Waals surface area (Å²) in [6, 6.07) is 3.03. The van der Waals surface area contributed by atoms with Crippen molar-refractivity contribution in [3.8, 4) is 0 Å². The number of benzene rings is 1. The molecule has 1 aromatic carbocycles. The average Bonchev–Trinajstić information content (AvgIpc) is 3.15. The molecule has 3 N–H and O–H groups in total. The lowest BCUT2D eigenvalue weighted by molar-refractivity contribution is -0.153. The number of carbonyl (C=O) groups excluding carboxylic acids is 2. The third kappa shape index (κ3) is 3.29. The average molecular weight is 414 g/mol. The fourth-order valence-corrected chi connectivity index (χ4v) is 4.20. The molecule has 2 saturated heterocycles. The number of carbonyl (C=O) groups is 3. The Kier molecular flexibility index (Phi) is 5.44. The van der Waals surface area contributed by atoms with E-state index in [4.69, 9.17) is 0 Å². The zero-order valence-corrected chi connectivity index (χ0v) is 15.6. The van der Waals surface area contributed by atoms with Gasteiger partial charge in [0.25, 0.3) is 0 Å². The second-order valence-corrected chi connectivity index (χ2v) is 7.36. The minimum Gasteiger partial charge on any atom is -0.480 e. The molecule has 0 aromatic heterocycles. The van der Waals surface area contributed by atoms with Crippen molar-refractivity contribution in [3.63, 3.8) is 0 Å². The van der Waals surface area contributed by atoms with Crippen molar-refractivity contribution in [1.82, 2.24) is 10.2 Å². The minimum atomic E-state index is -4.63. The number of likely N-dealkylation sites (tertiary alicyclic amines) is 1. The SMILES string of the molecule is CCCCN1C(=O)C2C(c3cccc(C(F)(F)F)c3)NC(CO)(C(=O)O)C2C1=O. The number of fused-ring (bicyclic) bond motifs is 1. The van der Waals surface area contributed by atoms with E-state index >= 15 is 0 Å². The molecule has 2 aliphatic rings. The number of nitrogens with zero attached hydrogens (tertiary/aromatic N) is 1. The summed E-state index contributed by atoms with van der Waals surface area (Å²) in [4.78, 5) is 38.8. The van der Waals surface area contributed by atoms with Gasteiger partial charge in [0.1, 0.15) is 0 Å². The number of aliphatic carboxylic acids is 1. The maximum atomic E-state index is 13.1. The van der Waals surface area contributed by atoms with E-state index in [9.17, 15) is 37.8 Å². The number of rotatable bonds is 6. The van der Waals surface area contributed by atoms with Crippen LogP contribution in [0.25, 0.3) is 0 Å². The van der Waals surface area contributed by atoms with Gasteiger partial charge in [0.15, 0.2) is 5.54 Å². The number of carboxylic acid groups (broad SMARTS) is 1. The Morgan fingerprint density at radius 1 is 1.28 bits per heavy atom. The Balaban J connectivity index is 2.09. The van der Waals surface area contributed by atoms with Gasteiger partial charge < -0.3 is 10.2 Å². The predicted molar refractivity (Wildman–Crippen MR) is 93.4 cm³/mol. The van der Waals surface area contributed by atoms with Crippen LogP contribution in [0.5, 0.6) is 0 Å². The van der Waals surface area contributed by atoms with Gasteiger partial charge in [0, 0.05) is 12.6 Å². The highest BCUT2D eigenvalue weighted by molar-refractivity contribution is 6.09. The van der Waals surface area contributed by atoms with Crippen LogP contribution in [0.3, 0.4) is 0 Å². The number of aliphatic hydroxyl groups excluding tert-OH is 1. The van der Waals surface area contributed by atoms with Crippen molar-refractivity contribution < 1.29 is 37.8 Å². The summed E-state index contributed by atoms with van der Waals surface area (Å²) in [5, 5.41) is 22.2. The van der Waals surface area contributed by atoms with Crippen molar-refractivity contribution in [3.05, 3.63) is 35.4 Å². The summed E-state index contributed by atoms with van der Waals surface area (Å²) >= 11 is 0. The monoisotopic (exact) mass is 414 g/mol. The number of hydrogen-bond donors (Lipinski definition) is 3. The van der Waals surface area contributed by atoms with Gasteiger partial charge >= 0.3 is 12.1 Å². The van der Waals surface area contributed by atoms with Gasteiger partial charge in [-0.25, -0.2) is 0 Å². The van der Waals surface area contributed by atoms with E-state index in [-0.39, 0.29) is 12.1 Å². The Morgan fingerprint density at radius 3 is 2.52 bits per heavy atom. The first-order chi connectivity index (χ1) is 13.6. The van der Waals surface area contributed by atoms with Crippen molar-refractivity contribution in [2.24, 2.45) is 11.8 Å². The fourth-order valence-electron chi connectivity index (χ4n) is 4.20. The molecule has 0 saturated carbocycles. The Hall–Kier alpha value is -2.46. The molecule has 0 radical (unpaired) electrons. The van der Waals surface area contributed by atoms with Crippen molar-refractivity contribution in [2.75, 3.05) is 13.2 Å². The van der Waals surface area contributed by atoms with E-state index in [0.717, 1.165) is 23.1 Å². The van der Waals surface area contributed by atoms with Crippen LogP contribution in [0, 0.1) is 11.8 Å². The number of amides is 2. The highest BCUT2D eigenvalue weighted by Crippen LogP contribution is 2.49. The van der Waals surface area contributed by atoms with E-state index in [1.807, 2.05) is 6.92 Å². The van der Waals surface area contributed by atoms with Crippen molar-refractivity contribution in [2.45, 2.75) is 37.5 Å². The Morgan fingerprint density at radius 2 is 1.97 bits per heavy atom. The molecule has 2 aliphatic heterocycles. The van der Waals surface area contributed by atoms with E-state index < -0.39 is 59.5 Å². The third-order valence-corrected chi connectivity index (χ3v) is 5.68. The smallest absolute Gasteiger partial charge is 0.416 e. The van der Waals surface area contributed by atoms with Crippen LogP contribution in [0.15, 0.2) is 24.3 Å². The van der Waals surface area contributed by atoms with Crippen LogP contribution in [0.4, 0.5) is 13.2 Å². The highest BCUT2D eigenvalue weighted by Gasteiger charge is 2.68. The molecular weight excluding hydrogens is 393 g/mol. The third-order valence-electron chi connectivity index (χ3n) is 5.68. The largest absolute Gasteiger partial charge is 0.480 e. The predicted octanol–water partition coefficient (Wildman–Crippen LogP) is 1.57. The van der Waals surface area contributed by atoms with E-state index in [0.29, 0.717) is 12.8 Å². The number of aliphatic hydroxyl groups is 1. The first-order valence-electron chi connectivity index (χ1n) is 9.22. The topological polar surface area (TPSA) is 107 Å². The van der Waals surface area contributed by atoms with Gasteiger partial charge in [-0.3, -0.25) is 24.6 Å². The first kappa shape index (κ1) is 21.3. The highest BCUT2D eigenvalue weighted by atomic mass is 19.4. The van der Waals surface area contributed by atoms with Crippen LogP contribution < -0.4 is 5.32 Å². The first-order valence-corrected chi connectivity index (χ1v) is 9.22. The lowest BCUT2D eigenvalue weighted by Crippen LogP contribution is -2.58. The number of unbranched alkanes of at least 4 members (excludes halogenated alkanes) is 1. The lowest BCUT2D eigenvalue weighted by Gasteiger charge is -2.29. The molecule has 4 atom stereocenters. The standard InChI is InChI=1S/C19H21F3N2O5/c1-2-3-7-24-15(26)12-13(16(24)27)18(9-25,17(28)29)23-14(12)10-5-4-6-11(8-10)19(20,21)22/h4-6,8,12-14,23,25H,2-3,7,9H2,1H3,(H,28,29). The molecule has 158 valence electrons. The molecule has 3 rings (SSSR count). The molecule has 2 amide bonds. The molecule has 0 bridgehead atoms. The van der Waals surface area contributed by atoms with Crippen LogP contribution in [-0.4, -0.2) is 51.6 Å². The van der Waals surface area contributed by atoms with Gasteiger partial charge in [0.2, 0.25) is 11.8 Å². The number of hydrogen-bond acceptors (Lipinski definition) is 5. The molecule has 2 heterocycles. The molecule has 4 unspecified atom stereocenters. The van der Waals surface area contributed by atoms with Gasteiger partial charge in [-0.15, -0.1) is 0 Å². The van der Waals surface area contributed by atoms with Crippen LogP contribution in [-0.2, 0) is 20.6 Å². The zero-order valence-electron chi connectivity index (χ0n) is 15.6. The molecule has 2 fully saturated rings. The van der Waals surface area contributed by atoms with E-state index in [1.54, 1.807) is 0 Å². The zero-order chi connectivity index (χ0) is 21.6. The van der Waals surface area contributed by atoms with Gasteiger partial charge in [0.05, 0.1) is 24.0 Å². The quantitative estimate of drug-likeness (QED) is 0.610. The molecule has 7 nitrogen and oxygen atoms in total. The summed E-state index contributed by atoms with van der Waals surface area (Å²) in [5.74, 6) is -5.53. The maximum absolute atomic E-state index is 13.1. The van der Waals surface area contributed by atoms with Crippen molar-refractivity contribution >= 4 is 17.8 Å². The summed E-state index contributed by atoms with van der Waals surface area (Å²) < 4.78 is 39.4. The maximum Gasteiger partial charge on any atom is 0.416 e. The number of nitrogens with one attached hydrogen (secondary N) is 1. The number of carboxylic acids is 1. The second kappa shape index (κ2) is 7.42. The summed E-state index contributed by atoms with van der Waals surface area (Å²) in [7, 11) is 0. The normalized spacial score (nSPS) is 29.4. The molecule has 0 aliphatic carbocycles. The summed E-state index contributed by atoms with van der Waals surface area (Å²) in [6.45, 7) is 0.964. The number of imide groups is 1. The Labute approximate surface area is 164 Å².